The van der Waals surface area contributed by atoms with Gasteiger partial charge in [-0.15, -0.1) is 11.3 Å². The van der Waals surface area contributed by atoms with Gasteiger partial charge in [0.05, 0.1) is 6.04 Å². The summed E-state index contributed by atoms with van der Waals surface area (Å²) in [5.74, 6) is 2.33. The Labute approximate surface area is 129 Å². The van der Waals surface area contributed by atoms with E-state index in [1.165, 1.54) is 23.3 Å². The predicted octanol–water partition coefficient (Wildman–Crippen LogP) is 3.87. The van der Waals surface area contributed by atoms with Crippen molar-refractivity contribution in [3.63, 3.8) is 0 Å². The van der Waals surface area contributed by atoms with Crippen molar-refractivity contribution < 1.29 is 0 Å². The molecule has 3 rings (SSSR count). The zero-order valence-electron chi connectivity index (χ0n) is 12.6. The van der Waals surface area contributed by atoms with E-state index in [0.29, 0.717) is 11.9 Å². The molecule has 0 radical (unpaired) electrons. The molecule has 1 unspecified atom stereocenters. The maximum Gasteiger partial charge on any atom is 0.135 e. The van der Waals surface area contributed by atoms with Crippen LogP contribution in [0.25, 0.3) is 0 Å². The Kier molecular flexibility index (Phi) is 4.10. The van der Waals surface area contributed by atoms with Crippen LogP contribution in [0.4, 0.5) is 11.6 Å². The minimum absolute atomic E-state index is 0.350. The average Bonchev–Trinajstić information content (AvgIpc) is 2.94. The van der Waals surface area contributed by atoms with Crippen LogP contribution in [0.2, 0.25) is 0 Å². The number of anilines is 2. The van der Waals surface area contributed by atoms with Gasteiger partial charge < -0.3 is 11.1 Å². The smallest absolute Gasteiger partial charge is 0.135 e. The summed E-state index contributed by atoms with van der Waals surface area (Å²) in [5.41, 5.74) is 8.43. The van der Waals surface area contributed by atoms with Gasteiger partial charge in [0, 0.05) is 16.9 Å². The normalized spacial score (nSPS) is 17.5. The number of fused-ring (bicyclic) bond motifs is 1. The lowest BCUT2D eigenvalue weighted by atomic mass is 9.94. The van der Waals surface area contributed by atoms with E-state index in [2.05, 4.69) is 33.7 Å². The zero-order chi connectivity index (χ0) is 14.8. The predicted molar refractivity (Wildman–Crippen MR) is 88.8 cm³/mol. The van der Waals surface area contributed by atoms with Crippen LogP contribution in [-0.2, 0) is 12.8 Å². The van der Waals surface area contributed by atoms with Crippen LogP contribution in [0, 0.1) is 6.92 Å². The van der Waals surface area contributed by atoms with Crippen molar-refractivity contribution in [1.29, 1.82) is 0 Å². The van der Waals surface area contributed by atoms with Crippen molar-refractivity contribution in [3.8, 4) is 0 Å². The molecule has 112 valence electrons. The fraction of sp³-hybridized carbons (Fsp3) is 0.500. The number of nitrogens with two attached hydrogens (primary N) is 1. The van der Waals surface area contributed by atoms with Crippen molar-refractivity contribution in [2.45, 2.75) is 52.0 Å². The van der Waals surface area contributed by atoms with E-state index in [1.54, 1.807) is 0 Å². The molecule has 0 amide bonds. The molecule has 3 N–H and O–H groups in total. The van der Waals surface area contributed by atoms with Crippen LogP contribution in [0.15, 0.2) is 11.4 Å². The first-order valence-electron chi connectivity index (χ1n) is 7.64. The second-order valence-corrected chi connectivity index (χ2v) is 6.64. The molecule has 0 aromatic carbocycles. The molecule has 2 aromatic rings. The van der Waals surface area contributed by atoms with Gasteiger partial charge in [-0.25, -0.2) is 9.97 Å². The van der Waals surface area contributed by atoms with Gasteiger partial charge >= 0.3 is 0 Å². The Hall–Kier alpha value is -1.62. The first-order valence-corrected chi connectivity index (χ1v) is 8.52. The van der Waals surface area contributed by atoms with Gasteiger partial charge in [-0.1, -0.05) is 6.92 Å². The fourth-order valence-corrected chi connectivity index (χ4v) is 3.85. The molecule has 2 aromatic heterocycles. The number of rotatable bonds is 4. The van der Waals surface area contributed by atoms with Gasteiger partial charge in [0.1, 0.15) is 17.5 Å². The van der Waals surface area contributed by atoms with E-state index < -0.39 is 0 Å². The topological polar surface area (TPSA) is 63.8 Å². The van der Waals surface area contributed by atoms with Gasteiger partial charge in [0.15, 0.2) is 0 Å². The number of nitrogens with one attached hydrogen (secondary N) is 1. The summed E-state index contributed by atoms with van der Waals surface area (Å²) in [6, 6.07) is 2.59. The molecule has 0 fully saturated rings. The van der Waals surface area contributed by atoms with E-state index in [1.807, 2.05) is 18.3 Å². The van der Waals surface area contributed by atoms with Crippen molar-refractivity contribution >= 4 is 23.0 Å². The van der Waals surface area contributed by atoms with Gasteiger partial charge in [-0.3, -0.25) is 0 Å². The molecule has 2 heterocycles. The fourth-order valence-electron chi connectivity index (χ4n) is 2.86. The van der Waals surface area contributed by atoms with Crippen LogP contribution in [0.1, 0.15) is 54.1 Å². The van der Waals surface area contributed by atoms with Crippen molar-refractivity contribution in [1.82, 2.24) is 9.97 Å². The van der Waals surface area contributed by atoms with Crippen molar-refractivity contribution in [2.24, 2.45) is 0 Å². The number of aryl methyl sites for hydroxylation is 2. The SMILES string of the molecule is CCCc1nc(N)c(C)c(NC2CCCc3sccc32)n1. The number of hydrogen-bond acceptors (Lipinski definition) is 5. The third-order valence-corrected chi connectivity index (χ3v) is 5.06. The zero-order valence-corrected chi connectivity index (χ0v) is 13.5. The molecule has 1 aliphatic rings. The minimum atomic E-state index is 0.350. The summed E-state index contributed by atoms with van der Waals surface area (Å²) >= 11 is 1.86. The second kappa shape index (κ2) is 6.02. The van der Waals surface area contributed by atoms with E-state index >= 15 is 0 Å². The number of thiophene rings is 1. The maximum absolute atomic E-state index is 6.04. The summed E-state index contributed by atoms with van der Waals surface area (Å²) in [7, 11) is 0. The molecule has 0 saturated carbocycles. The third kappa shape index (κ3) is 2.88. The standard InChI is InChI=1S/C16H22N4S/c1-3-5-14-19-15(17)10(2)16(20-14)18-12-6-4-7-13-11(12)8-9-21-13/h8-9,12H,3-7H2,1-2H3,(H3,17,18,19,20). The van der Waals surface area contributed by atoms with E-state index in [0.717, 1.165) is 36.5 Å². The number of aromatic nitrogens is 2. The van der Waals surface area contributed by atoms with Gasteiger partial charge in [0.2, 0.25) is 0 Å². The average molecular weight is 302 g/mol. The quantitative estimate of drug-likeness (QED) is 0.900. The summed E-state index contributed by atoms with van der Waals surface area (Å²) in [6.07, 6.45) is 5.48. The first kappa shape index (κ1) is 14.3. The Morgan fingerprint density at radius 1 is 1.43 bits per heavy atom. The van der Waals surface area contributed by atoms with E-state index in [9.17, 15) is 0 Å². The highest BCUT2D eigenvalue weighted by molar-refractivity contribution is 7.10. The Morgan fingerprint density at radius 3 is 3.10 bits per heavy atom. The molecule has 4 nitrogen and oxygen atoms in total. The lowest BCUT2D eigenvalue weighted by molar-refractivity contribution is 0.605. The van der Waals surface area contributed by atoms with Gasteiger partial charge in [0.25, 0.3) is 0 Å². The van der Waals surface area contributed by atoms with Gasteiger partial charge in [-0.05, 0) is 49.6 Å². The van der Waals surface area contributed by atoms with E-state index in [-0.39, 0.29) is 0 Å². The summed E-state index contributed by atoms with van der Waals surface area (Å²) in [6.45, 7) is 4.12. The Balaban J connectivity index is 1.89. The molecule has 0 saturated heterocycles. The minimum Gasteiger partial charge on any atom is -0.383 e. The number of nitrogen functional groups attached to an aromatic ring is 1. The largest absolute Gasteiger partial charge is 0.383 e. The molecule has 0 bridgehead atoms. The molecular weight excluding hydrogens is 280 g/mol. The maximum atomic E-state index is 6.04. The molecular formula is C16H22N4S. The van der Waals surface area contributed by atoms with Crippen LogP contribution < -0.4 is 11.1 Å². The highest BCUT2D eigenvalue weighted by atomic mass is 32.1. The van der Waals surface area contributed by atoms with E-state index in [4.69, 9.17) is 5.73 Å². The van der Waals surface area contributed by atoms with Crippen LogP contribution >= 0.6 is 11.3 Å². The summed E-state index contributed by atoms with van der Waals surface area (Å²) in [4.78, 5) is 10.6. The Bertz CT molecular complexity index is 635. The first-order chi connectivity index (χ1) is 10.2. The molecule has 0 spiro atoms. The second-order valence-electron chi connectivity index (χ2n) is 5.64. The lowest BCUT2D eigenvalue weighted by Crippen LogP contribution is -2.18. The molecule has 5 heteroatoms. The van der Waals surface area contributed by atoms with Crippen LogP contribution in [-0.4, -0.2) is 9.97 Å². The highest BCUT2D eigenvalue weighted by Crippen LogP contribution is 2.36. The third-order valence-electron chi connectivity index (χ3n) is 4.07. The van der Waals surface area contributed by atoms with Gasteiger partial charge in [-0.2, -0.15) is 0 Å². The molecule has 1 aliphatic carbocycles. The molecule has 1 atom stereocenters. The summed E-state index contributed by atoms with van der Waals surface area (Å²) < 4.78 is 0. The number of hydrogen-bond donors (Lipinski definition) is 2. The monoisotopic (exact) mass is 302 g/mol. The van der Waals surface area contributed by atoms with Crippen molar-refractivity contribution in [2.75, 3.05) is 11.1 Å². The van der Waals surface area contributed by atoms with Crippen LogP contribution in [0.5, 0.6) is 0 Å². The summed E-state index contributed by atoms with van der Waals surface area (Å²) in [5, 5.41) is 5.80. The molecule has 0 aliphatic heterocycles. The highest BCUT2D eigenvalue weighted by Gasteiger charge is 2.22. The molecule has 21 heavy (non-hydrogen) atoms. The lowest BCUT2D eigenvalue weighted by Gasteiger charge is -2.25. The Morgan fingerprint density at radius 2 is 2.29 bits per heavy atom. The van der Waals surface area contributed by atoms with Crippen LogP contribution in [0.3, 0.4) is 0 Å². The number of nitrogens with zero attached hydrogens (tertiary/aromatic N) is 2. The van der Waals surface area contributed by atoms with Crippen molar-refractivity contribution in [3.05, 3.63) is 33.3 Å².